The standard InChI is InChI=1S/C12H20N6S/c1-8(2)11-12(19-17-16-11)10(15-13)5-4-9-6-14-18(3)7-9/h6-8,10,15H,4-5,13H2,1-3H3. The summed E-state index contributed by atoms with van der Waals surface area (Å²) < 4.78 is 5.86. The van der Waals surface area contributed by atoms with Crippen molar-refractivity contribution in [1.82, 2.24) is 24.8 Å². The monoisotopic (exact) mass is 280 g/mol. The molecule has 3 N–H and O–H groups in total. The Kier molecular flexibility index (Phi) is 4.62. The van der Waals surface area contributed by atoms with Gasteiger partial charge in [-0.3, -0.25) is 16.0 Å². The van der Waals surface area contributed by atoms with Gasteiger partial charge in [-0.1, -0.05) is 18.3 Å². The Morgan fingerprint density at radius 1 is 1.47 bits per heavy atom. The van der Waals surface area contributed by atoms with Crippen molar-refractivity contribution in [1.29, 1.82) is 0 Å². The molecule has 2 rings (SSSR count). The average Bonchev–Trinajstić information content (AvgIpc) is 2.99. The summed E-state index contributed by atoms with van der Waals surface area (Å²) >= 11 is 1.43. The van der Waals surface area contributed by atoms with Gasteiger partial charge in [0.1, 0.15) is 0 Å². The molecule has 6 nitrogen and oxygen atoms in total. The van der Waals surface area contributed by atoms with Crippen molar-refractivity contribution in [3.8, 4) is 0 Å². The highest BCUT2D eigenvalue weighted by Crippen LogP contribution is 2.28. The number of nitrogens with two attached hydrogens (primary N) is 1. The number of hydrazine groups is 1. The molecule has 2 aromatic rings. The number of hydrogen-bond donors (Lipinski definition) is 2. The van der Waals surface area contributed by atoms with E-state index < -0.39 is 0 Å². The predicted molar refractivity (Wildman–Crippen MR) is 75.6 cm³/mol. The minimum Gasteiger partial charge on any atom is -0.276 e. The van der Waals surface area contributed by atoms with Crippen molar-refractivity contribution in [2.24, 2.45) is 12.9 Å². The van der Waals surface area contributed by atoms with Gasteiger partial charge in [-0.15, -0.1) is 5.10 Å². The van der Waals surface area contributed by atoms with E-state index in [0.29, 0.717) is 5.92 Å². The molecule has 0 aliphatic carbocycles. The summed E-state index contributed by atoms with van der Waals surface area (Å²) in [7, 11) is 1.92. The van der Waals surface area contributed by atoms with Crippen molar-refractivity contribution in [2.75, 3.05) is 0 Å². The Balaban J connectivity index is 2.05. The van der Waals surface area contributed by atoms with Gasteiger partial charge in [-0.05, 0) is 35.9 Å². The van der Waals surface area contributed by atoms with Crippen LogP contribution >= 0.6 is 11.5 Å². The molecule has 0 aromatic carbocycles. The van der Waals surface area contributed by atoms with Crippen LogP contribution in [0.5, 0.6) is 0 Å². The molecule has 0 spiro atoms. The summed E-state index contributed by atoms with van der Waals surface area (Å²) in [5.41, 5.74) is 5.14. The molecule has 2 aromatic heterocycles. The zero-order chi connectivity index (χ0) is 13.8. The predicted octanol–water partition coefficient (Wildman–Crippen LogP) is 1.53. The quantitative estimate of drug-likeness (QED) is 0.619. The van der Waals surface area contributed by atoms with Crippen LogP contribution in [0.25, 0.3) is 0 Å². The van der Waals surface area contributed by atoms with Crippen LogP contribution in [0.1, 0.15) is 48.4 Å². The molecule has 0 aliphatic heterocycles. The third-order valence-corrected chi connectivity index (χ3v) is 3.94. The van der Waals surface area contributed by atoms with Crippen LogP contribution < -0.4 is 11.3 Å². The van der Waals surface area contributed by atoms with Crippen LogP contribution in [0, 0.1) is 0 Å². The van der Waals surface area contributed by atoms with Crippen molar-refractivity contribution < 1.29 is 0 Å². The molecule has 1 unspecified atom stereocenters. The summed E-state index contributed by atoms with van der Waals surface area (Å²) in [6.07, 6.45) is 5.76. The summed E-state index contributed by atoms with van der Waals surface area (Å²) in [5.74, 6) is 6.05. The maximum Gasteiger partial charge on any atom is 0.0829 e. The summed E-state index contributed by atoms with van der Waals surface area (Å²) in [4.78, 5) is 1.14. The molecule has 0 saturated carbocycles. The molecule has 0 fully saturated rings. The number of hydrogen-bond acceptors (Lipinski definition) is 6. The smallest absolute Gasteiger partial charge is 0.0829 e. The number of aromatic nitrogens is 4. The third kappa shape index (κ3) is 3.37. The van der Waals surface area contributed by atoms with E-state index in [4.69, 9.17) is 5.84 Å². The molecule has 0 aliphatic rings. The first-order chi connectivity index (χ1) is 9.11. The Labute approximate surface area is 117 Å². The molecular formula is C12H20N6S. The van der Waals surface area contributed by atoms with Crippen LogP contribution in [-0.2, 0) is 13.5 Å². The Morgan fingerprint density at radius 3 is 2.84 bits per heavy atom. The molecule has 19 heavy (non-hydrogen) atoms. The highest BCUT2D eigenvalue weighted by molar-refractivity contribution is 7.05. The van der Waals surface area contributed by atoms with Gasteiger partial charge in [-0.2, -0.15) is 5.10 Å². The number of aryl methyl sites for hydroxylation is 2. The Morgan fingerprint density at radius 2 is 2.26 bits per heavy atom. The lowest BCUT2D eigenvalue weighted by Crippen LogP contribution is -2.28. The van der Waals surface area contributed by atoms with E-state index in [2.05, 4.69) is 34.0 Å². The first-order valence-corrected chi connectivity index (χ1v) is 7.15. The third-order valence-electron chi connectivity index (χ3n) is 3.08. The van der Waals surface area contributed by atoms with Gasteiger partial charge in [-0.25, -0.2) is 0 Å². The second-order valence-electron chi connectivity index (χ2n) is 4.96. The second-order valence-corrected chi connectivity index (χ2v) is 5.74. The topological polar surface area (TPSA) is 81.7 Å². The Bertz CT molecular complexity index is 518. The zero-order valence-electron chi connectivity index (χ0n) is 11.5. The average molecular weight is 280 g/mol. The SMILES string of the molecule is CC(C)c1nnsc1C(CCc1cnn(C)c1)NN. The fourth-order valence-corrected chi connectivity index (χ4v) is 2.95. The Hall–Kier alpha value is -1.31. The van der Waals surface area contributed by atoms with Gasteiger partial charge >= 0.3 is 0 Å². The van der Waals surface area contributed by atoms with Crippen LogP contribution in [0.4, 0.5) is 0 Å². The summed E-state index contributed by atoms with van der Waals surface area (Å²) in [6.45, 7) is 4.24. The van der Waals surface area contributed by atoms with Crippen molar-refractivity contribution >= 4 is 11.5 Å². The zero-order valence-corrected chi connectivity index (χ0v) is 12.3. The highest BCUT2D eigenvalue weighted by atomic mass is 32.1. The number of nitrogens with zero attached hydrogens (tertiary/aromatic N) is 4. The van der Waals surface area contributed by atoms with Gasteiger partial charge in [0.05, 0.1) is 22.8 Å². The van der Waals surface area contributed by atoms with E-state index in [-0.39, 0.29) is 6.04 Å². The van der Waals surface area contributed by atoms with E-state index >= 15 is 0 Å². The lowest BCUT2D eigenvalue weighted by molar-refractivity contribution is 0.516. The van der Waals surface area contributed by atoms with Crippen molar-refractivity contribution in [2.45, 2.75) is 38.6 Å². The van der Waals surface area contributed by atoms with Crippen molar-refractivity contribution in [3.05, 3.63) is 28.5 Å². The normalized spacial score (nSPS) is 13.1. The highest BCUT2D eigenvalue weighted by Gasteiger charge is 2.20. The van der Waals surface area contributed by atoms with Gasteiger partial charge in [0.15, 0.2) is 0 Å². The molecule has 7 heteroatoms. The van der Waals surface area contributed by atoms with Crippen LogP contribution in [0.3, 0.4) is 0 Å². The van der Waals surface area contributed by atoms with E-state index in [9.17, 15) is 0 Å². The summed E-state index contributed by atoms with van der Waals surface area (Å²) in [5, 5.41) is 8.37. The minimum atomic E-state index is 0.0950. The number of nitrogens with one attached hydrogen (secondary N) is 1. The second kappa shape index (κ2) is 6.23. The maximum atomic E-state index is 5.68. The van der Waals surface area contributed by atoms with Crippen LogP contribution in [0.15, 0.2) is 12.4 Å². The largest absolute Gasteiger partial charge is 0.276 e. The first-order valence-electron chi connectivity index (χ1n) is 6.37. The molecule has 2 heterocycles. The maximum absolute atomic E-state index is 5.68. The molecular weight excluding hydrogens is 260 g/mol. The van der Waals surface area contributed by atoms with E-state index in [1.54, 1.807) is 0 Å². The first kappa shape index (κ1) is 14.1. The molecule has 0 saturated heterocycles. The minimum absolute atomic E-state index is 0.0950. The molecule has 0 amide bonds. The molecule has 0 radical (unpaired) electrons. The van der Waals surface area contributed by atoms with Crippen molar-refractivity contribution in [3.63, 3.8) is 0 Å². The lowest BCUT2D eigenvalue weighted by Gasteiger charge is -2.15. The van der Waals surface area contributed by atoms with Gasteiger partial charge in [0.25, 0.3) is 0 Å². The number of rotatable bonds is 6. The molecule has 1 atom stereocenters. The van der Waals surface area contributed by atoms with Crippen LogP contribution in [-0.4, -0.2) is 19.4 Å². The fourth-order valence-electron chi connectivity index (χ4n) is 2.05. The molecule has 104 valence electrons. The fraction of sp³-hybridized carbons (Fsp3) is 0.583. The molecule has 0 bridgehead atoms. The van der Waals surface area contributed by atoms with Crippen LogP contribution in [0.2, 0.25) is 0 Å². The van der Waals surface area contributed by atoms with Gasteiger partial charge < -0.3 is 0 Å². The van der Waals surface area contributed by atoms with Gasteiger partial charge in [0.2, 0.25) is 0 Å². The van der Waals surface area contributed by atoms with E-state index in [0.717, 1.165) is 23.4 Å². The summed E-state index contributed by atoms with van der Waals surface area (Å²) in [6, 6.07) is 0.0950. The van der Waals surface area contributed by atoms with Gasteiger partial charge in [0, 0.05) is 13.2 Å². The lowest BCUT2D eigenvalue weighted by atomic mass is 10.0. The van der Waals surface area contributed by atoms with E-state index in [1.165, 1.54) is 17.1 Å². The van der Waals surface area contributed by atoms with E-state index in [1.807, 2.05) is 24.1 Å².